The topological polar surface area (TPSA) is 43.6 Å². The molecule has 0 unspecified atom stereocenters. The lowest BCUT2D eigenvalue weighted by Crippen LogP contribution is -2.10. The monoisotopic (exact) mass is 366 g/mol. The fourth-order valence-electron chi connectivity index (χ4n) is 3.82. The molecule has 28 heavy (non-hydrogen) atoms. The average Bonchev–Trinajstić information content (AvgIpc) is 3.13. The van der Waals surface area contributed by atoms with Crippen LogP contribution in [0.1, 0.15) is 21.5 Å². The fourth-order valence-corrected chi connectivity index (χ4v) is 3.82. The third kappa shape index (κ3) is 2.54. The summed E-state index contributed by atoms with van der Waals surface area (Å²) < 4.78 is 7.78. The first-order valence-electron chi connectivity index (χ1n) is 9.22. The Balaban J connectivity index is 1.70. The van der Waals surface area contributed by atoms with Crippen LogP contribution in [-0.4, -0.2) is 15.4 Å². The molecular weight excluding hydrogens is 348 g/mol. The minimum absolute atomic E-state index is 0.253. The van der Waals surface area contributed by atoms with E-state index in [1.54, 1.807) is 6.20 Å². The van der Waals surface area contributed by atoms with Gasteiger partial charge in [-0.2, -0.15) is 0 Å². The van der Waals surface area contributed by atoms with Crippen molar-refractivity contribution < 1.29 is 9.53 Å². The molecular formula is C24H18N2O2. The van der Waals surface area contributed by atoms with Crippen molar-refractivity contribution in [1.82, 2.24) is 9.38 Å². The van der Waals surface area contributed by atoms with Gasteiger partial charge in [-0.05, 0) is 42.3 Å². The number of aromatic nitrogens is 2. The first-order chi connectivity index (χ1) is 13.7. The SMILES string of the molecule is Cc1c(C(=O)OCc2ccccc2)c2ccccc2n2c1cc1cccnc12. The van der Waals surface area contributed by atoms with E-state index in [4.69, 9.17) is 4.74 Å². The molecule has 0 aliphatic rings. The Kier molecular flexibility index (Phi) is 3.83. The van der Waals surface area contributed by atoms with Crippen LogP contribution < -0.4 is 0 Å². The summed E-state index contributed by atoms with van der Waals surface area (Å²) in [5.41, 5.74) is 5.29. The van der Waals surface area contributed by atoms with Crippen molar-refractivity contribution in [3.63, 3.8) is 0 Å². The van der Waals surface area contributed by atoms with Gasteiger partial charge in [-0.15, -0.1) is 0 Å². The Morgan fingerprint density at radius 3 is 2.61 bits per heavy atom. The minimum atomic E-state index is -0.307. The Labute approximate surface area is 162 Å². The molecule has 0 bridgehead atoms. The average molecular weight is 366 g/mol. The van der Waals surface area contributed by atoms with Crippen LogP contribution in [0.2, 0.25) is 0 Å². The van der Waals surface area contributed by atoms with Gasteiger partial charge in [0.2, 0.25) is 0 Å². The van der Waals surface area contributed by atoms with E-state index in [1.807, 2.05) is 73.7 Å². The maximum atomic E-state index is 13.1. The van der Waals surface area contributed by atoms with Gasteiger partial charge in [0.05, 0.1) is 16.6 Å². The summed E-state index contributed by atoms with van der Waals surface area (Å²) in [5, 5.41) is 1.92. The van der Waals surface area contributed by atoms with E-state index in [9.17, 15) is 4.79 Å². The Bertz CT molecular complexity index is 1340. The van der Waals surface area contributed by atoms with Crippen molar-refractivity contribution in [1.29, 1.82) is 0 Å². The largest absolute Gasteiger partial charge is 0.457 e. The van der Waals surface area contributed by atoms with E-state index in [0.717, 1.165) is 38.6 Å². The van der Waals surface area contributed by atoms with Crippen LogP contribution in [0.25, 0.3) is 27.5 Å². The number of esters is 1. The van der Waals surface area contributed by atoms with Gasteiger partial charge in [0, 0.05) is 17.0 Å². The number of benzene rings is 2. The highest BCUT2D eigenvalue weighted by molar-refractivity contribution is 6.09. The minimum Gasteiger partial charge on any atom is -0.457 e. The van der Waals surface area contributed by atoms with E-state index < -0.39 is 0 Å². The second-order valence-corrected chi connectivity index (χ2v) is 6.86. The van der Waals surface area contributed by atoms with Crippen LogP contribution in [0.3, 0.4) is 0 Å². The summed E-state index contributed by atoms with van der Waals surface area (Å²) in [4.78, 5) is 17.6. The van der Waals surface area contributed by atoms with Crippen molar-refractivity contribution >= 4 is 33.4 Å². The number of para-hydroxylation sites is 1. The lowest BCUT2D eigenvalue weighted by molar-refractivity contribution is 0.0474. The molecule has 0 amide bonds. The number of carbonyl (C=O) groups is 1. The van der Waals surface area contributed by atoms with Crippen LogP contribution in [0.15, 0.2) is 79.0 Å². The molecule has 0 N–H and O–H groups in total. The van der Waals surface area contributed by atoms with Crippen molar-refractivity contribution in [2.24, 2.45) is 0 Å². The van der Waals surface area contributed by atoms with E-state index in [-0.39, 0.29) is 12.6 Å². The van der Waals surface area contributed by atoms with Crippen molar-refractivity contribution in [3.05, 3.63) is 95.7 Å². The van der Waals surface area contributed by atoms with Crippen LogP contribution in [-0.2, 0) is 11.3 Å². The second-order valence-electron chi connectivity index (χ2n) is 6.86. The van der Waals surface area contributed by atoms with Crippen molar-refractivity contribution in [2.45, 2.75) is 13.5 Å². The normalized spacial score (nSPS) is 11.3. The predicted octanol–water partition coefficient (Wildman–Crippen LogP) is 5.31. The van der Waals surface area contributed by atoms with Gasteiger partial charge in [0.15, 0.2) is 0 Å². The third-order valence-corrected chi connectivity index (χ3v) is 5.15. The maximum Gasteiger partial charge on any atom is 0.339 e. The first-order valence-corrected chi connectivity index (χ1v) is 9.22. The molecule has 0 saturated carbocycles. The molecule has 0 atom stereocenters. The fraction of sp³-hybridized carbons (Fsp3) is 0.0833. The number of pyridine rings is 2. The molecule has 0 fully saturated rings. The summed E-state index contributed by atoms with van der Waals surface area (Å²) in [6.45, 7) is 2.23. The zero-order chi connectivity index (χ0) is 19.1. The Morgan fingerprint density at radius 1 is 0.964 bits per heavy atom. The summed E-state index contributed by atoms with van der Waals surface area (Å²) >= 11 is 0. The summed E-state index contributed by atoms with van der Waals surface area (Å²) in [6, 6.07) is 23.7. The quantitative estimate of drug-likeness (QED) is 0.407. The smallest absolute Gasteiger partial charge is 0.339 e. The third-order valence-electron chi connectivity index (χ3n) is 5.15. The highest BCUT2D eigenvalue weighted by Gasteiger charge is 2.20. The van der Waals surface area contributed by atoms with Crippen LogP contribution in [0, 0.1) is 6.92 Å². The highest BCUT2D eigenvalue weighted by atomic mass is 16.5. The van der Waals surface area contributed by atoms with Gasteiger partial charge in [-0.25, -0.2) is 9.78 Å². The molecule has 136 valence electrons. The summed E-state index contributed by atoms with van der Waals surface area (Å²) in [6.07, 6.45) is 1.79. The molecule has 4 nitrogen and oxygen atoms in total. The number of ether oxygens (including phenoxy) is 1. The zero-order valence-corrected chi connectivity index (χ0v) is 15.4. The number of hydrogen-bond donors (Lipinski definition) is 0. The number of rotatable bonds is 3. The molecule has 3 aromatic heterocycles. The molecule has 0 saturated heterocycles. The molecule has 2 aromatic carbocycles. The van der Waals surface area contributed by atoms with Gasteiger partial charge in [-0.3, -0.25) is 4.40 Å². The summed E-state index contributed by atoms with van der Waals surface area (Å²) in [7, 11) is 0. The number of aryl methyl sites for hydroxylation is 1. The van der Waals surface area contributed by atoms with Gasteiger partial charge in [0.1, 0.15) is 12.3 Å². The molecule has 4 heteroatoms. The van der Waals surface area contributed by atoms with Crippen molar-refractivity contribution in [3.8, 4) is 0 Å². The summed E-state index contributed by atoms with van der Waals surface area (Å²) in [5.74, 6) is -0.307. The number of carbonyl (C=O) groups excluding carboxylic acids is 1. The molecule has 0 aliphatic heterocycles. The van der Waals surface area contributed by atoms with E-state index in [1.165, 1.54) is 0 Å². The van der Waals surface area contributed by atoms with Gasteiger partial charge < -0.3 is 4.74 Å². The number of hydrogen-bond acceptors (Lipinski definition) is 3. The molecule has 0 aliphatic carbocycles. The maximum absolute atomic E-state index is 13.1. The lowest BCUT2D eigenvalue weighted by Gasteiger charge is -2.14. The molecule has 0 radical (unpaired) electrons. The Morgan fingerprint density at radius 2 is 1.75 bits per heavy atom. The molecule has 3 heterocycles. The second kappa shape index (κ2) is 6.50. The van der Waals surface area contributed by atoms with E-state index in [0.29, 0.717) is 5.56 Å². The zero-order valence-electron chi connectivity index (χ0n) is 15.4. The standard InChI is InChI=1S/C24H18N2O2/c1-16-21-14-18-10-7-13-25-23(18)26(21)20-12-6-5-11-19(20)22(16)24(27)28-15-17-8-3-2-4-9-17/h2-14H,15H2,1H3. The van der Waals surface area contributed by atoms with E-state index in [2.05, 4.69) is 15.5 Å². The highest BCUT2D eigenvalue weighted by Crippen LogP contribution is 2.31. The number of nitrogens with zero attached hydrogens (tertiary/aromatic N) is 2. The number of fused-ring (bicyclic) bond motifs is 5. The predicted molar refractivity (Wildman–Crippen MR) is 111 cm³/mol. The van der Waals surface area contributed by atoms with Crippen LogP contribution in [0.4, 0.5) is 0 Å². The van der Waals surface area contributed by atoms with Gasteiger partial charge in [0.25, 0.3) is 0 Å². The van der Waals surface area contributed by atoms with Crippen molar-refractivity contribution in [2.75, 3.05) is 0 Å². The first kappa shape index (κ1) is 16.5. The van der Waals surface area contributed by atoms with E-state index >= 15 is 0 Å². The Hall–Kier alpha value is -3.66. The van der Waals surface area contributed by atoms with Crippen LogP contribution in [0.5, 0.6) is 0 Å². The van der Waals surface area contributed by atoms with Gasteiger partial charge in [-0.1, -0.05) is 48.5 Å². The molecule has 0 spiro atoms. The van der Waals surface area contributed by atoms with Crippen LogP contribution >= 0.6 is 0 Å². The lowest BCUT2D eigenvalue weighted by atomic mass is 10.0. The van der Waals surface area contributed by atoms with Gasteiger partial charge >= 0.3 is 5.97 Å². The molecule has 5 rings (SSSR count). The molecule has 5 aromatic rings.